The highest BCUT2D eigenvalue weighted by molar-refractivity contribution is 6.31. The molecule has 3 heteroatoms. The average Bonchev–Trinajstić information content (AvgIpc) is 3.18. The number of benzene rings is 1. The maximum Gasteiger partial charge on any atom is 0.125 e. The van der Waals surface area contributed by atoms with Gasteiger partial charge >= 0.3 is 0 Å². The van der Waals surface area contributed by atoms with Crippen molar-refractivity contribution in [3.8, 4) is 5.75 Å². The lowest BCUT2D eigenvalue weighted by atomic mass is 9.86. The Morgan fingerprint density at radius 2 is 2.00 bits per heavy atom. The van der Waals surface area contributed by atoms with E-state index < -0.39 is 0 Å². The Morgan fingerprint density at radius 3 is 2.50 bits per heavy atom. The van der Waals surface area contributed by atoms with Crippen molar-refractivity contribution in [1.29, 1.82) is 0 Å². The molecule has 3 unspecified atom stereocenters. The van der Waals surface area contributed by atoms with Gasteiger partial charge in [0.05, 0.1) is 19.3 Å². The van der Waals surface area contributed by atoms with Crippen LogP contribution in [0.4, 0.5) is 0 Å². The van der Waals surface area contributed by atoms with Crippen LogP contribution < -0.4 is 4.74 Å². The molecule has 0 radical (unpaired) electrons. The van der Waals surface area contributed by atoms with Crippen molar-refractivity contribution in [2.45, 2.75) is 65.1 Å². The Kier molecular flexibility index (Phi) is 4.98. The largest absolute Gasteiger partial charge is 0.496 e. The number of rotatable bonds is 6. The molecule has 112 valence electrons. The van der Waals surface area contributed by atoms with Gasteiger partial charge in [-0.3, -0.25) is 0 Å². The first-order chi connectivity index (χ1) is 9.53. The molecule has 0 amide bonds. The summed E-state index contributed by atoms with van der Waals surface area (Å²) in [6.07, 6.45) is 4.11. The standard InChI is InChI=1S/C17H25ClO2/c1-6-12(9-15-14(7-2)20-15)16-11(4)13(18)8-10(3)17(16)19-5/h8,12,14-15H,6-7,9H2,1-5H3. The molecule has 3 atom stereocenters. The zero-order valence-electron chi connectivity index (χ0n) is 13.1. The molecule has 0 spiro atoms. The lowest BCUT2D eigenvalue weighted by molar-refractivity contribution is 0.345. The summed E-state index contributed by atoms with van der Waals surface area (Å²) < 4.78 is 11.4. The minimum Gasteiger partial charge on any atom is -0.496 e. The van der Waals surface area contributed by atoms with Gasteiger partial charge in [0.1, 0.15) is 5.75 Å². The zero-order valence-corrected chi connectivity index (χ0v) is 13.9. The van der Waals surface area contributed by atoms with Crippen LogP contribution in [-0.2, 0) is 4.74 Å². The van der Waals surface area contributed by atoms with Crippen molar-refractivity contribution in [1.82, 2.24) is 0 Å². The summed E-state index contributed by atoms with van der Waals surface area (Å²) in [6, 6.07) is 1.99. The van der Waals surface area contributed by atoms with E-state index in [9.17, 15) is 0 Å². The van der Waals surface area contributed by atoms with Crippen molar-refractivity contribution in [3.05, 3.63) is 27.8 Å². The van der Waals surface area contributed by atoms with E-state index in [1.807, 2.05) is 6.07 Å². The van der Waals surface area contributed by atoms with Crippen molar-refractivity contribution in [2.75, 3.05) is 7.11 Å². The van der Waals surface area contributed by atoms with Crippen LogP contribution in [0, 0.1) is 13.8 Å². The number of aryl methyl sites for hydroxylation is 1. The zero-order chi connectivity index (χ0) is 14.9. The van der Waals surface area contributed by atoms with E-state index in [2.05, 4.69) is 27.7 Å². The van der Waals surface area contributed by atoms with Crippen LogP contribution in [0.3, 0.4) is 0 Å². The second-order valence-corrected chi connectivity index (χ2v) is 6.12. The van der Waals surface area contributed by atoms with Crippen molar-refractivity contribution in [2.24, 2.45) is 0 Å². The number of halogens is 1. The Labute approximate surface area is 127 Å². The molecule has 0 N–H and O–H groups in total. The fraction of sp³-hybridized carbons (Fsp3) is 0.647. The number of hydrogen-bond acceptors (Lipinski definition) is 2. The van der Waals surface area contributed by atoms with E-state index in [1.165, 1.54) is 5.56 Å². The van der Waals surface area contributed by atoms with Gasteiger partial charge in [-0.25, -0.2) is 0 Å². The maximum atomic E-state index is 6.37. The monoisotopic (exact) mass is 296 g/mol. The van der Waals surface area contributed by atoms with E-state index in [0.717, 1.165) is 41.2 Å². The van der Waals surface area contributed by atoms with Gasteiger partial charge in [0.15, 0.2) is 0 Å². The van der Waals surface area contributed by atoms with Crippen LogP contribution in [0.2, 0.25) is 5.02 Å². The first-order valence-corrected chi connectivity index (χ1v) is 7.90. The van der Waals surface area contributed by atoms with Crippen molar-refractivity contribution >= 4 is 11.6 Å². The van der Waals surface area contributed by atoms with Crippen LogP contribution in [0.25, 0.3) is 0 Å². The van der Waals surface area contributed by atoms with Gasteiger partial charge in [0, 0.05) is 10.6 Å². The Morgan fingerprint density at radius 1 is 1.30 bits per heavy atom. The molecule has 0 aromatic heterocycles. The molecule has 1 aliphatic rings. The fourth-order valence-corrected chi connectivity index (χ4v) is 3.42. The highest BCUT2D eigenvalue weighted by Gasteiger charge is 2.39. The summed E-state index contributed by atoms with van der Waals surface area (Å²) in [5.74, 6) is 1.44. The van der Waals surface area contributed by atoms with Gasteiger partial charge in [-0.1, -0.05) is 25.4 Å². The van der Waals surface area contributed by atoms with Gasteiger partial charge in [0.25, 0.3) is 0 Å². The minimum atomic E-state index is 0.411. The smallest absolute Gasteiger partial charge is 0.125 e. The third-order valence-electron chi connectivity index (χ3n) is 4.42. The summed E-state index contributed by atoms with van der Waals surface area (Å²) in [7, 11) is 1.74. The fourth-order valence-electron chi connectivity index (χ4n) is 3.15. The Hall–Kier alpha value is -0.730. The van der Waals surface area contributed by atoms with Gasteiger partial charge in [-0.05, 0) is 56.2 Å². The minimum absolute atomic E-state index is 0.411. The number of epoxide rings is 1. The van der Waals surface area contributed by atoms with E-state index >= 15 is 0 Å². The highest BCUT2D eigenvalue weighted by atomic mass is 35.5. The Bertz CT molecular complexity index is 484. The molecule has 1 fully saturated rings. The molecule has 1 aromatic rings. The second kappa shape index (κ2) is 6.36. The van der Waals surface area contributed by atoms with E-state index in [4.69, 9.17) is 21.1 Å². The molecule has 0 aliphatic carbocycles. The quantitative estimate of drug-likeness (QED) is 0.687. The normalized spacial score (nSPS) is 22.7. The molecule has 1 aliphatic heterocycles. The summed E-state index contributed by atoms with van der Waals surface area (Å²) in [6.45, 7) is 8.56. The molecule has 0 bridgehead atoms. The van der Waals surface area contributed by atoms with Crippen LogP contribution >= 0.6 is 11.6 Å². The number of hydrogen-bond donors (Lipinski definition) is 0. The highest BCUT2D eigenvalue weighted by Crippen LogP contribution is 2.43. The van der Waals surface area contributed by atoms with Crippen molar-refractivity contribution < 1.29 is 9.47 Å². The molecular formula is C17H25ClO2. The van der Waals surface area contributed by atoms with Crippen LogP contribution in [0.1, 0.15) is 55.7 Å². The maximum absolute atomic E-state index is 6.37. The molecule has 20 heavy (non-hydrogen) atoms. The molecule has 1 aromatic carbocycles. The predicted octanol–water partition coefficient (Wildman–Crippen LogP) is 5.03. The van der Waals surface area contributed by atoms with E-state index in [0.29, 0.717) is 18.1 Å². The topological polar surface area (TPSA) is 21.8 Å². The van der Waals surface area contributed by atoms with Gasteiger partial charge < -0.3 is 9.47 Å². The van der Waals surface area contributed by atoms with E-state index in [1.54, 1.807) is 7.11 Å². The van der Waals surface area contributed by atoms with Gasteiger partial charge in [-0.15, -0.1) is 0 Å². The van der Waals surface area contributed by atoms with E-state index in [-0.39, 0.29) is 0 Å². The van der Waals surface area contributed by atoms with Gasteiger partial charge in [-0.2, -0.15) is 0 Å². The molecule has 2 nitrogen and oxygen atoms in total. The van der Waals surface area contributed by atoms with Crippen LogP contribution in [0.15, 0.2) is 6.07 Å². The molecule has 2 rings (SSSR count). The molecule has 1 saturated heterocycles. The first kappa shape index (κ1) is 15.7. The molecule has 0 saturated carbocycles. The lowest BCUT2D eigenvalue weighted by Gasteiger charge is -2.22. The van der Waals surface area contributed by atoms with Crippen LogP contribution in [-0.4, -0.2) is 19.3 Å². The average molecular weight is 297 g/mol. The van der Waals surface area contributed by atoms with Crippen molar-refractivity contribution in [3.63, 3.8) is 0 Å². The summed E-state index contributed by atoms with van der Waals surface area (Å²) in [5.41, 5.74) is 3.53. The van der Waals surface area contributed by atoms with Crippen LogP contribution in [0.5, 0.6) is 5.75 Å². The third kappa shape index (κ3) is 2.96. The lowest BCUT2D eigenvalue weighted by Crippen LogP contribution is -2.09. The summed E-state index contributed by atoms with van der Waals surface area (Å²) >= 11 is 6.37. The SMILES string of the molecule is CCC(CC1OC1CC)c1c(C)c(Cl)cc(C)c1OC. The summed E-state index contributed by atoms with van der Waals surface area (Å²) in [4.78, 5) is 0. The molecule has 1 heterocycles. The number of methoxy groups -OCH3 is 1. The predicted molar refractivity (Wildman–Crippen MR) is 84.1 cm³/mol. The van der Waals surface area contributed by atoms with Gasteiger partial charge in [0.2, 0.25) is 0 Å². The number of ether oxygens (including phenoxy) is 2. The summed E-state index contributed by atoms with van der Waals surface area (Å²) in [5, 5.41) is 0.834. The Balaban J connectivity index is 2.33. The second-order valence-electron chi connectivity index (χ2n) is 5.71. The first-order valence-electron chi connectivity index (χ1n) is 7.52. The third-order valence-corrected chi connectivity index (χ3v) is 4.81. The molecular weight excluding hydrogens is 272 g/mol.